The van der Waals surface area contributed by atoms with Crippen LogP contribution in [0.2, 0.25) is 0 Å². The normalized spacial score (nSPS) is 30.9. The van der Waals surface area contributed by atoms with Crippen molar-refractivity contribution < 1.29 is 24.5 Å². The number of urea groups is 1. The number of carboxylic acids is 1. The van der Waals surface area contributed by atoms with E-state index in [4.69, 9.17) is 9.84 Å². The molecule has 2 aliphatic rings. The van der Waals surface area contributed by atoms with Gasteiger partial charge in [0.25, 0.3) is 0 Å². The van der Waals surface area contributed by atoms with Crippen LogP contribution in [0.1, 0.15) is 25.7 Å². The van der Waals surface area contributed by atoms with Crippen LogP contribution in [0, 0.1) is 5.92 Å². The SMILES string of the molecule is O=C(O)C1CCCC(NC(=O)N2CCOCC2CO)C1. The largest absolute Gasteiger partial charge is 0.481 e. The van der Waals surface area contributed by atoms with Gasteiger partial charge in [0.2, 0.25) is 0 Å². The lowest BCUT2D eigenvalue weighted by Gasteiger charge is -2.36. The molecule has 1 heterocycles. The number of carboxylic acid groups (broad SMARTS) is 1. The van der Waals surface area contributed by atoms with Crippen LogP contribution >= 0.6 is 0 Å². The van der Waals surface area contributed by atoms with Gasteiger partial charge in [0.05, 0.1) is 31.8 Å². The highest BCUT2D eigenvalue weighted by molar-refractivity contribution is 5.75. The molecule has 1 aliphatic heterocycles. The van der Waals surface area contributed by atoms with Gasteiger partial charge in [-0.2, -0.15) is 0 Å². The topological polar surface area (TPSA) is 99.1 Å². The monoisotopic (exact) mass is 286 g/mol. The highest BCUT2D eigenvalue weighted by atomic mass is 16.5. The van der Waals surface area contributed by atoms with Gasteiger partial charge in [-0.3, -0.25) is 4.79 Å². The summed E-state index contributed by atoms with van der Waals surface area (Å²) < 4.78 is 5.23. The van der Waals surface area contributed by atoms with Crippen LogP contribution in [0.4, 0.5) is 4.79 Å². The summed E-state index contributed by atoms with van der Waals surface area (Å²) in [6, 6.07) is -0.648. The fourth-order valence-electron chi connectivity index (χ4n) is 2.88. The van der Waals surface area contributed by atoms with Crippen molar-refractivity contribution in [3.8, 4) is 0 Å². The third-order valence-electron chi connectivity index (χ3n) is 4.05. The molecule has 7 heteroatoms. The van der Waals surface area contributed by atoms with Crippen molar-refractivity contribution in [3.05, 3.63) is 0 Å². The van der Waals surface area contributed by atoms with Crippen LogP contribution in [0.25, 0.3) is 0 Å². The maximum absolute atomic E-state index is 12.2. The van der Waals surface area contributed by atoms with Gasteiger partial charge in [0.15, 0.2) is 0 Å². The predicted molar refractivity (Wildman–Crippen MR) is 70.3 cm³/mol. The molecule has 0 aromatic heterocycles. The average Bonchev–Trinajstić information content (AvgIpc) is 2.47. The summed E-state index contributed by atoms with van der Waals surface area (Å²) in [5, 5.41) is 21.2. The number of aliphatic carboxylic acids is 1. The van der Waals surface area contributed by atoms with Crippen LogP contribution in [0.15, 0.2) is 0 Å². The number of rotatable bonds is 3. The van der Waals surface area contributed by atoms with E-state index in [1.165, 1.54) is 0 Å². The Labute approximate surface area is 117 Å². The molecular weight excluding hydrogens is 264 g/mol. The molecule has 114 valence electrons. The molecule has 2 fully saturated rings. The number of nitrogens with zero attached hydrogens (tertiary/aromatic N) is 1. The Hall–Kier alpha value is -1.34. The second-order valence-electron chi connectivity index (χ2n) is 5.45. The molecule has 3 N–H and O–H groups in total. The number of amides is 2. The zero-order valence-electron chi connectivity index (χ0n) is 11.5. The Bertz CT molecular complexity index is 363. The number of carbonyl (C=O) groups excluding carboxylic acids is 1. The minimum atomic E-state index is -0.788. The number of ether oxygens (including phenoxy) is 1. The molecular formula is C13H22N2O5. The third-order valence-corrected chi connectivity index (χ3v) is 4.05. The van der Waals surface area contributed by atoms with E-state index < -0.39 is 5.97 Å². The van der Waals surface area contributed by atoms with Crippen molar-refractivity contribution in [2.24, 2.45) is 5.92 Å². The number of aliphatic hydroxyl groups is 1. The number of hydrogen-bond donors (Lipinski definition) is 3. The fourth-order valence-corrected chi connectivity index (χ4v) is 2.88. The fraction of sp³-hybridized carbons (Fsp3) is 0.846. The van der Waals surface area contributed by atoms with Crippen LogP contribution < -0.4 is 5.32 Å². The summed E-state index contributed by atoms with van der Waals surface area (Å²) in [7, 11) is 0. The first-order valence-electron chi connectivity index (χ1n) is 7.10. The van der Waals surface area contributed by atoms with E-state index in [2.05, 4.69) is 5.32 Å². The maximum Gasteiger partial charge on any atom is 0.318 e. The van der Waals surface area contributed by atoms with Crippen molar-refractivity contribution in [3.63, 3.8) is 0 Å². The van der Waals surface area contributed by atoms with Gasteiger partial charge in [0, 0.05) is 12.6 Å². The van der Waals surface area contributed by atoms with E-state index in [-0.39, 0.29) is 30.6 Å². The molecule has 1 aliphatic carbocycles. The Kier molecular flexibility index (Phi) is 5.19. The summed E-state index contributed by atoms with van der Waals surface area (Å²) in [6.45, 7) is 1.13. The number of carbonyl (C=O) groups is 2. The van der Waals surface area contributed by atoms with Crippen molar-refractivity contribution in [1.82, 2.24) is 10.2 Å². The van der Waals surface area contributed by atoms with Crippen LogP contribution in [0.3, 0.4) is 0 Å². The van der Waals surface area contributed by atoms with E-state index in [0.717, 1.165) is 12.8 Å². The Morgan fingerprint density at radius 3 is 2.85 bits per heavy atom. The number of hydrogen-bond acceptors (Lipinski definition) is 4. The molecule has 1 saturated heterocycles. The van der Waals surface area contributed by atoms with Gasteiger partial charge in [0.1, 0.15) is 0 Å². The molecule has 2 amide bonds. The van der Waals surface area contributed by atoms with Gasteiger partial charge in [-0.1, -0.05) is 6.42 Å². The summed E-state index contributed by atoms with van der Waals surface area (Å²) in [6.07, 6.45) is 2.78. The molecule has 20 heavy (non-hydrogen) atoms. The highest BCUT2D eigenvalue weighted by Crippen LogP contribution is 2.24. The van der Waals surface area contributed by atoms with E-state index >= 15 is 0 Å². The maximum atomic E-state index is 12.2. The molecule has 0 aromatic carbocycles. The molecule has 1 saturated carbocycles. The van der Waals surface area contributed by atoms with Crippen molar-refractivity contribution >= 4 is 12.0 Å². The summed E-state index contributed by atoms with van der Waals surface area (Å²) in [5.41, 5.74) is 0. The van der Waals surface area contributed by atoms with Crippen molar-refractivity contribution in [2.45, 2.75) is 37.8 Å². The summed E-state index contributed by atoms with van der Waals surface area (Å²) in [4.78, 5) is 24.8. The van der Waals surface area contributed by atoms with Gasteiger partial charge < -0.3 is 25.2 Å². The average molecular weight is 286 g/mol. The Morgan fingerprint density at radius 2 is 2.15 bits per heavy atom. The predicted octanol–water partition coefficient (Wildman–Crippen LogP) is 0.0325. The lowest BCUT2D eigenvalue weighted by Crippen LogP contribution is -2.56. The lowest BCUT2D eigenvalue weighted by molar-refractivity contribution is -0.143. The van der Waals surface area contributed by atoms with Crippen LogP contribution in [-0.2, 0) is 9.53 Å². The third kappa shape index (κ3) is 3.61. The number of aliphatic hydroxyl groups excluding tert-OH is 1. The minimum absolute atomic E-state index is 0.0977. The van der Waals surface area contributed by atoms with Gasteiger partial charge in [-0.25, -0.2) is 4.79 Å². The van der Waals surface area contributed by atoms with Crippen LogP contribution in [-0.4, -0.2) is 65.6 Å². The van der Waals surface area contributed by atoms with Crippen molar-refractivity contribution in [2.75, 3.05) is 26.4 Å². The minimum Gasteiger partial charge on any atom is -0.481 e. The van der Waals surface area contributed by atoms with Crippen LogP contribution in [0.5, 0.6) is 0 Å². The van der Waals surface area contributed by atoms with E-state index in [9.17, 15) is 14.7 Å². The molecule has 7 nitrogen and oxygen atoms in total. The van der Waals surface area contributed by atoms with Gasteiger partial charge in [-0.05, 0) is 19.3 Å². The van der Waals surface area contributed by atoms with E-state index in [1.54, 1.807) is 4.90 Å². The molecule has 2 rings (SSSR count). The molecule has 3 unspecified atom stereocenters. The Balaban J connectivity index is 1.88. The zero-order chi connectivity index (χ0) is 14.5. The first-order chi connectivity index (χ1) is 9.61. The molecule has 0 bridgehead atoms. The van der Waals surface area contributed by atoms with Gasteiger partial charge in [-0.15, -0.1) is 0 Å². The number of morpholine rings is 1. The standard InChI is InChI=1S/C13H22N2O5/c16-7-11-8-20-5-4-15(11)13(19)14-10-3-1-2-9(6-10)12(17)18/h9-11,16H,1-8H2,(H,14,19)(H,17,18). The first kappa shape index (κ1) is 15.1. The van der Waals surface area contributed by atoms with Crippen molar-refractivity contribution in [1.29, 1.82) is 0 Å². The summed E-state index contributed by atoms with van der Waals surface area (Å²) in [5.74, 6) is -1.16. The van der Waals surface area contributed by atoms with E-state index in [0.29, 0.717) is 32.6 Å². The highest BCUT2D eigenvalue weighted by Gasteiger charge is 2.31. The van der Waals surface area contributed by atoms with E-state index in [1.807, 2.05) is 0 Å². The lowest BCUT2D eigenvalue weighted by atomic mass is 9.86. The Morgan fingerprint density at radius 1 is 1.35 bits per heavy atom. The molecule has 0 radical (unpaired) electrons. The summed E-state index contributed by atoms with van der Waals surface area (Å²) >= 11 is 0. The second kappa shape index (κ2) is 6.90. The number of nitrogens with one attached hydrogen (secondary N) is 1. The molecule has 0 aromatic rings. The zero-order valence-corrected chi connectivity index (χ0v) is 11.5. The van der Waals surface area contributed by atoms with Gasteiger partial charge >= 0.3 is 12.0 Å². The first-order valence-corrected chi connectivity index (χ1v) is 7.10. The molecule has 3 atom stereocenters. The second-order valence-corrected chi connectivity index (χ2v) is 5.45. The smallest absolute Gasteiger partial charge is 0.318 e. The molecule has 0 spiro atoms. The quantitative estimate of drug-likeness (QED) is 0.680.